The molecule has 1 aliphatic rings. The Hall–Kier alpha value is -0.910. The molecule has 1 amide bonds. The second kappa shape index (κ2) is 4.76. The lowest BCUT2D eigenvalue weighted by atomic mass is 10.3. The standard InChI is InChI=1S/C12H13NO2S2/c14-12(13-15-8-3-1-2-4-8)11-7-10-9(17-11)5-6-16-10/h5-8H,1-4H2,(H,13,14). The summed E-state index contributed by atoms with van der Waals surface area (Å²) in [4.78, 5) is 18.0. The summed E-state index contributed by atoms with van der Waals surface area (Å²) >= 11 is 3.17. The second-order valence-corrected chi connectivity index (χ2v) is 6.25. The highest BCUT2D eigenvalue weighted by atomic mass is 32.1. The van der Waals surface area contributed by atoms with E-state index in [4.69, 9.17) is 4.84 Å². The molecular formula is C12H13NO2S2. The fourth-order valence-electron chi connectivity index (χ4n) is 2.07. The first-order chi connectivity index (χ1) is 8.33. The summed E-state index contributed by atoms with van der Waals surface area (Å²) in [7, 11) is 0. The molecule has 3 rings (SSSR count). The van der Waals surface area contributed by atoms with Gasteiger partial charge in [-0.1, -0.05) is 12.8 Å². The second-order valence-electron chi connectivity index (χ2n) is 4.22. The lowest BCUT2D eigenvalue weighted by molar-refractivity contribution is -0.0122. The van der Waals surface area contributed by atoms with Crippen LogP contribution in [0.25, 0.3) is 9.40 Å². The van der Waals surface area contributed by atoms with Crippen LogP contribution in [0.4, 0.5) is 0 Å². The number of amides is 1. The molecule has 0 radical (unpaired) electrons. The number of hydrogen-bond acceptors (Lipinski definition) is 4. The molecule has 1 fully saturated rings. The minimum atomic E-state index is -0.120. The van der Waals surface area contributed by atoms with Crippen molar-refractivity contribution >= 4 is 38.0 Å². The van der Waals surface area contributed by atoms with E-state index in [0.717, 1.165) is 17.7 Å². The van der Waals surface area contributed by atoms with E-state index in [0.29, 0.717) is 0 Å². The van der Waals surface area contributed by atoms with Gasteiger partial charge < -0.3 is 0 Å². The van der Waals surface area contributed by atoms with Gasteiger partial charge in [-0.15, -0.1) is 22.7 Å². The maximum absolute atomic E-state index is 11.8. The van der Waals surface area contributed by atoms with Crippen molar-refractivity contribution in [3.8, 4) is 0 Å². The fraction of sp³-hybridized carbons (Fsp3) is 0.417. The summed E-state index contributed by atoms with van der Waals surface area (Å²) in [6.07, 6.45) is 4.73. The Morgan fingerprint density at radius 2 is 2.18 bits per heavy atom. The first-order valence-electron chi connectivity index (χ1n) is 5.76. The quantitative estimate of drug-likeness (QED) is 0.863. The van der Waals surface area contributed by atoms with E-state index >= 15 is 0 Å². The van der Waals surface area contributed by atoms with Gasteiger partial charge in [0.25, 0.3) is 5.91 Å². The molecule has 0 unspecified atom stereocenters. The SMILES string of the molecule is O=C(NOC1CCCC1)c1cc2sccc2s1. The highest BCUT2D eigenvalue weighted by Gasteiger charge is 2.18. The lowest BCUT2D eigenvalue weighted by Crippen LogP contribution is -2.27. The molecule has 2 heterocycles. The first-order valence-corrected chi connectivity index (χ1v) is 7.45. The van der Waals surface area contributed by atoms with Gasteiger partial charge >= 0.3 is 0 Å². The molecule has 0 spiro atoms. The van der Waals surface area contributed by atoms with E-state index in [2.05, 4.69) is 5.48 Å². The maximum Gasteiger partial charge on any atom is 0.284 e. The Morgan fingerprint density at radius 1 is 1.35 bits per heavy atom. The van der Waals surface area contributed by atoms with E-state index in [1.807, 2.05) is 17.5 Å². The Balaban J connectivity index is 1.63. The van der Waals surface area contributed by atoms with E-state index in [1.54, 1.807) is 11.3 Å². The summed E-state index contributed by atoms with van der Waals surface area (Å²) < 4.78 is 2.34. The van der Waals surface area contributed by atoms with Crippen LogP contribution in [0.2, 0.25) is 0 Å². The van der Waals surface area contributed by atoms with Crippen LogP contribution in [-0.2, 0) is 4.84 Å². The molecular weight excluding hydrogens is 254 g/mol. The molecule has 90 valence electrons. The lowest BCUT2D eigenvalue weighted by Gasteiger charge is -2.10. The van der Waals surface area contributed by atoms with E-state index in [9.17, 15) is 4.79 Å². The van der Waals surface area contributed by atoms with Crippen LogP contribution >= 0.6 is 22.7 Å². The van der Waals surface area contributed by atoms with Gasteiger partial charge in [0.2, 0.25) is 0 Å². The van der Waals surface area contributed by atoms with Crippen molar-refractivity contribution in [2.45, 2.75) is 31.8 Å². The Labute approximate surface area is 107 Å². The topological polar surface area (TPSA) is 38.3 Å². The highest BCUT2D eigenvalue weighted by molar-refractivity contribution is 7.27. The molecule has 0 aromatic carbocycles. The van der Waals surface area contributed by atoms with Gasteiger partial charge in [-0.05, 0) is 30.4 Å². The molecule has 2 aromatic heterocycles. The number of hydrogen-bond donors (Lipinski definition) is 1. The third kappa shape index (κ3) is 2.36. The van der Waals surface area contributed by atoms with Crippen molar-refractivity contribution in [3.05, 3.63) is 22.4 Å². The molecule has 1 aliphatic carbocycles. The number of carbonyl (C=O) groups excluding carboxylic acids is 1. The summed E-state index contributed by atoms with van der Waals surface area (Å²) in [6.45, 7) is 0. The summed E-state index contributed by atoms with van der Waals surface area (Å²) in [6, 6.07) is 3.97. The summed E-state index contributed by atoms with van der Waals surface area (Å²) in [5.74, 6) is -0.120. The maximum atomic E-state index is 11.8. The minimum absolute atomic E-state index is 0.120. The first kappa shape index (κ1) is 11.2. The zero-order valence-corrected chi connectivity index (χ0v) is 10.9. The molecule has 3 nitrogen and oxygen atoms in total. The molecule has 1 saturated carbocycles. The van der Waals surface area contributed by atoms with Gasteiger partial charge in [-0.2, -0.15) is 0 Å². The smallest absolute Gasteiger partial charge is 0.270 e. The average Bonchev–Trinajstić information content (AvgIpc) is 3.01. The van der Waals surface area contributed by atoms with E-state index in [1.165, 1.54) is 33.6 Å². The molecule has 5 heteroatoms. The van der Waals surface area contributed by atoms with Crippen LogP contribution in [0, 0.1) is 0 Å². The van der Waals surface area contributed by atoms with Crippen molar-refractivity contribution < 1.29 is 9.63 Å². The van der Waals surface area contributed by atoms with Crippen LogP contribution in [0.5, 0.6) is 0 Å². The van der Waals surface area contributed by atoms with Crippen molar-refractivity contribution in [2.24, 2.45) is 0 Å². The van der Waals surface area contributed by atoms with Gasteiger partial charge in [0, 0.05) is 9.40 Å². The number of carbonyl (C=O) groups is 1. The zero-order chi connectivity index (χ0) is 11.7. The van der Waals surface area contributed by atoms with Crippen LogP contribution in [0.1, 0.15) is 35.4 Å². The predicted molar refractivity (Wildman–Crippen MR) is 70.5 cm³/mol. The van der Waals surface area contributed by atoms with Gasteiger partial charge in [0.15, 0.2) is 0 Å². The third-order valence-electron chi connectivity index (χ3n) is 2.98. The van der Waals surface area contributed by atoms with Gasteiger partial charge in [-0.3, -0.25) is 9.63 Å². The third-order valence-corrected chi connectivity index (χ3v) is 5.08. The van der Waals surface area contributed by atoms with E-state index in [-0.39, 0.29) is 12.0 Å². The minimum Gasteiger partial charge on any atom is -0.270 e. The zero-order valence-electron chi connectivity index (χ0n) is 9.27. The molecule has 0 bridgehead atoms. The molecule has 1 N–H and O–H groups in total. The summed E-state index contributed by atoms with van der Waals surface area (Å²) in [5.41, 5.74) is 2.57. The average molecular weight is 267 g/mol. The van der Waals surface area contributed by atoms with Crippen molar-refractivity contribution in [1.29, 1.82) is 0 Å². The number of hydroxylamine groups is 1. The van der Waals surface area contributed by atoms with Crippen molar-refractivity contribution in [1.82, 2.24) is 5.48 Å². The molecule has 0 atom stereocenters. The Kier molecular flexibility index (Phi) is 3.13. The number of fused-ring (bicyclic) bond motifs is 1. The molecule has 0 saturated heterocycles. The highest BCUT2D eigenvalue weighted by Crippen LogP contribution is 2.30. The fourth-order valence-corrected chi connectivity index (χ4v) is 4.07. The number of nitrogens with one attached hydrogen (secondary N) is 1. The largest absolute Gasteiger partial charge is 0.284 e. The van der Waals surface area contributed by atoms with Crippen molar-refractivity contribution in [2.75, 3.05) is 0 Å². The van der Waals surface area contributed by atoms with Crippen LogP contribution < -0.4 is 5.48 Å². The van der Waals surface area contributed by atoms with Gasteiger partial charge in [0.05, 0.1) is 11.0 Å². The van der Waals surface area contributed by atoms with Crippen LogP contribution in [0.3, 0.4) is 0 Å². The van der Waals surface area contributed by atoms with Crippen molar-refractivity contribution in [3.63, 3.8) is 0 Å². The van der Waals surface area contributed by atoms with Gasteiger partial charge in [0.1, 0.15) is 0 Å². The van der Waals surface area contributed by atoms with Gasteiger partial charge in [-0.25, -0.2) is 5.48 Å². The number of rotatable bonds is 3. The van der Waals surface area contributed by atoms with Crippen LogP contribution in [-0.4, -0.2) is 12.0 Å². The van der Waals surface area contributed by atoms with Crippen LogP contribution in [0.15, 0.2) is 17.5 Å². The molecule has 2 aromatic rings. The normalized spacial score (nSPS) is 16.7. The molecule has 17 heavy (non-hydrogen) atoms. The monoisotopic (exact) mass is 267 g/mol. The van der Waals surface area contributed by atoms with E-state index < -0.39 is 0 Å². The summed E-state index contributed by atoms with van der Waals surface area (Å²) in [5, 5.41) is 2.04. The number of thiophene rings is 2. The molecule has 0 aliphatic heterocycles. The Bertz CT molecular complexity index is 497. The Morgan fingerprint density at radius 3 is 2.94 bits per heavy atom. The predicted octanol–water partition coefficient (Wildman–Crippen LogP) is 3.57.